The molecular weight excluding hydrogens is 350 g/mol. The summed E-state index contributed by atoms with van der Waals surface area (Å²) in [6.07, 6.45) is 0.359. The number of nitrogens with zero attached hydrogens (tertiary/aromatic N) is 1. The molecule has 1 aromatic heterocycles. The first kappa shape index (κ1) is 19.9. The summed E-state index contributed by atoms with van der Waals surface area (Å²) in [7, 11) is 0. The molecule has 0 saturated heterocycles. The number of carbonyl (C=O) groups excluding carboxylic acids is 2. The monoisotopic (exact) mass is 375 g/mol. The van der Waals surface area contributed by atoms with Gasteiger partial charge in [0.25, 0.3) is 0 Å². The molecule has 0 radical (unpaired) electrons. The number of nitrogens with one attached hydrogen (secondary N) is 2. The number of hydrogen-bond acceptors (Lipinski definition) is 5. The van der Waals surface area contributed by atoms with E-state index in [2.05, 4.69) is 34.7 Å². The third-order valence-electron chi connectivity index (χ3n) is 3.52. The highest BCUT2D eigenvalue weighted by Crippen LogP contribution is 2.25. The highest BCUT2D eigenvalue weighted by Gasteiger charge is 2.21. The van der Waals surface area contributed by atoms with Crippen LogP contribution in [-0.4, -0.2) is 28.6 Å². The number of anilines is 1. The van der Waals surface area contributed by atoms with Gasteiger partial charge < -0.3 is 15.4 Å². The van der Waals surface area contributed by atoms with E-state index in [4.69, 9.17) is 4.74 Å². The average molecular weight is 375 g/mol. The van der Waals surface area contributed by atoms with Crippen molar-refractivity contribution in [2.75, 3.05) is 5.32 Å². The lowest BCUT2D eigenvalue weighted by Crippen LogP contribution is -2.43. The van der Waals surface area contributed by atoms with E-state index >= 15 is 0 Å². The quantitative estimate of drug-likeness (QED) is 0.820. The molecule has 0 spiro atoms. The first-order chi connectivity index (χ1) is 12.2. The molecule has 0 aliphatic heterocycles. The topological polar surface area (TPSA) is 80.3 Å². The molecule has 1 heterocycles. The molecule has 0 aliphatic rings. The van der Waals surface area contributed by atoms with Gasteiger partial charge in [0.15, 0.2) is 5.13 Å². The lowest BCUT2D eigenvalue weighted by atomic mass is 10.1. The maximum atomic E-state index is 12.2. The van der Waals surface area contributed by atoms with Crippen molar-refractivity contribution in [2.45, 2.75) is 52.7 Å². The SMILES string of the molecule is CCc1ccc(-c2csc(NC(=O)C(C)NC(=O)OC(C)(C)C)n2)cc1. The zero-order valence-electron chi connectivity index (χ0n) is 15.8. The standard InChI is InChI=1S/C19H25N3O3S/c1-6-13-7-9-14(10-8-13)15-11-26-17(21-15)22-16(23)12(2)20-18(24)25-19(3,4)5/h7-12H,6H2,1-5H3,(H,20,24)(H,21,22,23). The van der Waals surface area contributed by atoms with Gasteiger partial charge in [0.05, 0.1) is 5.69 Å². The van der Waals surface area contributed by atoms with Crippen LogP contribution in [0, 0.1) is 0 Å². The van der Waals surface area contributed by atoms with Crippen molar-refractivity contribution in [1.82, 2.24) is 10.3 Å². The van der Waals surface area contributed by atoms with Gasteiger partial charge in [-0.05, 0) is 39.7 Å². The Labute approximate surface area is 158 Å². The first-order valence-corrected chi connectivity index (χ1v) is 9.41. The van der Waals surface area contributed by atoms with Crippen molar-refractivity contribution in [1.29, 1.82) is 0 Å². The van der Waals surface area contributed by atoms with E-state index in [9.17, 15) is 9.59 Å². The van der Waals surface area contributed by atoms with Gasteiger partial charge in [-0.2, -0.15) is 0 Å². The van der Waals surface area contributed by atoms with E-state index in [1.165, 1.54) is 16.9 Å². The Kier molecular flexibility index (Phi) is 6.37. The van der Waals surface area contributed by atoms with Gasteiger partial charge in [0, 0.05) is 10.9 Å². The number of alkyl carbamates (subject to hydrolysis) is 1. The summed E-state index contributed by atoms with van der Waals surface area (Å²) in [4.78, 5) is 28.4. The molecule has 1 aromatic carbocycles. The Balaban J connectivity index is 1.95. The summed E-state index contributed by atoms with van der Waals surface area (Å²) in [5.41, 5.74) is 2.46. The number of hydrogen-bond donors (Lipinski definition) is 2. The first-order valence-electron chi connectivity index (χ1n) is 8.53. The average Bonchev–Trinajstić information content (AvgIpc) is 3.01. The number of thiazole rings is 1. The molecule has 2 amide bonds. The molecule has 1 atom stereocenters. The second-order valence-electron chi connectivity index (χ2n) is 6.95. The van der Waals surface area contributed by atoms with Crippen LogP contribution >= 0.6 is 11.3 Å². The van der Waals surface area contributed by atoms with Gasteiger partial charge in [-0.25, -0.2) is 9.78 Å². The number of carbonyl (C=O) groups is 2. The largest absolute Gasteiger partial charge is 0.444 e. The van der Waals surface area contributed by atoms with Crippen molar-refractivity contribution in [3.8, 4) is 11.3 Å². The molecule has 0 saturated carbocycles. The van der Waals surface area contributed by atoms with Crippen molar-refractivity contribution >= 4 is 28.5 Å². The molecular formula is C19H25N3O3S. The van der Waals surface area contributed by atoms with E-state index < -0.39 is 17.7 Å². The Hall–Kier alpha value is -2.41. The summed E-state index contributed by atoms with van der Waals surface area (Å²) in [5.74, 6) is -0.349. The number of aromatic nitrogens is 1. The van der Waals surface area contributed by atoms with Crippen LogP contribution in [0.5, 0.6) is 0 Å². The van der Waals surface area contributed by atoms with Crippen LogP contribution in [-0.2, 0) is 16.0 Å². The lowest BCUT2D eigenvalue weighted by Gasteiger charge is -2.21. The Morgan fingerprint density at radius 1 is 1.23 bits per heavy atom. The highest BCUT2D eigenvalue weighted by atomic mass is 32.1. The minimum Gasteiger partial charge on any atom is -0.444 e. The maximum absolute atomic E-state index is 12.2. The Bertz CT molecular complexity index is 763. The van der Waals surface area contributed by atoms with E-state index in [0.29, 0.717) is 5.13 Å². The normalized spacial score (nSPS) is 12.3. The Morgan fingerprint density at radius 2 is 1.88 bits per heavy atom. The van der Waals surface area contributed by atoms with Crippen LogP contribution < -0.4 is 10.6 Å². The molecule has 0 bridgehead atoms. The van der Waals surface area contributed by atoms with Gasteiger partial charge >= 0.3 is 6.09 Å². The summed E-state index contributed by atoms with van der Waals surface area (Å²) in [6, 6.07) is 7.44. The van der Waals surface area contributed by atoms with E-state index in [1.807, 2.05) is 17.5 Å². The van der Waals surface area contributed by atoms with Crippen LogP contribution in [0.1, 0.15) is 40.2 Å². The molecule has 0 aliphatic carbocycles. The van der Waals surface area contributed by atoms with Crippen LogP contribution in [0.4, 0.5) is 9.93 Å². The van der Waals surface area contributed by atoms with Crippen molar-refractivity contribution in [2.24, 2.45) is 0 Å². The van der Waals surface area contributed by atoms with Crippen LogP contribution in [0.3, 0.4) is 0 Å². The summed E-state index contributed by atoms with van der Waals surface area (Å²) in [5, 5.41) is 7.61. The number of aryl methyl sites for hydroxylation is 1. The zero-order valence-corrected chi connectivity index (χ0v) is 16.6. The number of ether oxygens (including phenoxy) is 1. The molecule has 0 fully saturated rings. The number of benzene rings is 1. The van der Waals surface area contributed by atoms with E-state index in [1.54, 1.807) is 27.7 Å². The molecule has 140 valence electrons. The van der Waals surface area contributed by atoms with Crippen molar-refractivity contribution in [3.05, 3.63) is 35.2 Å². The maximum Gasteiger partial charge on any atom is 0.408 e. The van der Waals surface area contributed by atoms with Crippen molar-refractivity contribution in [3.63, 3.8) is 0 Å². The second-order valence-corrected chi connectivity index (χ2v) is 7.80. The molecule has 2 rings (SSSR count). The summed E-state index contributed by atoms with van der Waals surface area (Å²) < 4.78 is 5.15. The Morgan fingerprint density at radius 3 is 2.46 bits per heavy atom. The van der Waals surface area contributed by atoms with Crippen LogP contribution in [0.25, 0.3) is 11.3 Å². The van der Waals surface area contributed by atoms with E-state index in [0.717, 1.165) is 17.7 Å². The van der Waals surface area contributed by atoms with Crippen LogP contribution in [0.15, 0.2) is 29.6 Å². The number of rotatable bonds is 5. The van der Waals surface area contributed by atoms with Gasteiger partial charge in [-0.3, -0.25) is 4.79 Å². The predicted molar refractivity (Wildman–Crippen MR) is 104 cm³/mol. The predicted octanol–water partition coefficient (Wildman–Crippen LogP) is 4.22. The van der Waals surface area contributed by atoms with Gasteiger partial charge in [0.2, 0.25) is 5.91 Å². The molecule has 2 aromatic rings. The van der Waals surface area contributed by atoms with Gasteiger partial charge in [0.1, 0.15) is 11.6 Å². The molecule has 6 nitrogen and oxygen atoms in total. The van der Waals surface area contributed by atoms with Gasteiger partial charge in [-0.1, -0.05) is 31.2 Å². The van der Waals surface area contributed by atoms with Crippen molar-refractivity contribution < 1.29 is 14.3 Å². The molecule has 7 heteroatoms. The fourth-order valence-electron chi connectivity index (χ4n) is 2.14. The summed E-state index contributed by atoms with van der Waals surface area (Å²) in [6.45, 7) is 9.00. The molecule has 26 heavy (non-hydrogen) atoms. The smallest absolute Gasteiger partial charge is 0.408 e. The number of amides is 2. The third kappa shape index (κ3) is 5.84. The zero-order chi connectivity index (χ0) is 19.3. The second kappa shape index (κ2) is 8.31. The van der Waals surface area contributed by atoms with E-state index in [-0.39, 0.29) is 5.91 Å². The molecule has 2 N–H and O–H groups in total. The van der Waals surface area contributed by atoms with Gasteiger partial charge in [-0.15, -0.1) is 11.3 Å². The lowest BCUT2D eigenvalue weighted by molar-refractivity contribution is -0.117. The highest BCUT2D eigenvalue weighted by molar-refractivity contribution is 7.14. The molecule has 1 unspecified atom stereocenters. The fourth-order valence-corrected chi connectivity index (χ4v) is 2.86. The summed E-state index contributed by atoms with van der Waals surface area (Å²) >= 11 is 1.34. The minimum absolute atomic E-state index is 0.349. The third-order valence-corrected chi connectivity index (χ3v) is 4.28. The minimum atomic E-state index is -0.735. The van der Waals surface area contributed by atoms with Crippen LogP contribution in [0.2, 0.25) is 0 Å². The fraction of sp³-hybridized carbons (Fsp3) is 0.421.